The summed E-state index contributed by atoms with van der Waals surface area (Å²) in [5.74, 6) is 9.30. The van der Waals surface area contributed by atoms with Gasteiger partial charge in [0.15, 0.2) is 0 Å². The average molecular weight is 409 g/mol. The van der Waals surface area contributed by atoms with Crippen molar-refractivity contribution in [1.82, 2.24) is 0 Å². The quantitative estimate of drug-likeness (QED) is 0.486. The third-order valence-electron chi connectivity index (χ3n) is 8.38. The molecular formula is C26H29ClO2. The summed E-state index contributed by atoms with van der Waals surface area (Å²) in [5, 5.41) is 21.7. The van der Waals surface area contributed by atoms with Gasteiger partial charge in [-0.1, -0.05) is 43.1 Å². The van der Waals surface area contributed by atoms with Crippen molar-refractivity contribution in [3.63, 3.8) is 0 Å². The van der Waals surface area contributed by atoms with Crippen molar-refractivity contribution in [2.24, 2.45) is 23.2 Å². The first-order chi connectivity index (χ1) is 13.9. The number of hydrogen-bond acceptors (Lipinski definition) is 2. The Balaban J connectivity index is 1.51. The van der Waals surface area contributed by atoms with Crippen molar-refractivity contribution in [2.75, 3.05) is 5.88 Å². The molecule has 0 radical (unpaired) electrons. The van der Waals surface area contributed by atoms with Crippen molar-refractivity contribution in [2.45, 2.75) is 57.0 Å². The maximum atomic E-state index is 11.7. The normalized spacial score (nSPS) is 39.8. The Morgan fingerprint density at radius 1 is 1.28 bits per heavy atom. The summed E-state index contributed by atoms with van der Waals surface area (Å²) in [5.41, 5.74) is 2.58. The summed E-state index contributed by atoms with van der Waals surface area (Å²) in [6, 6.07) is 5.87. The summed E-state index contributed by atoms with van der Waals surface area (Å²) in [6.45, 7) is 2.27. The lowest BCUT2D eigenvalue weighted by atomic mass is 9.50. The van der Waals surface area contributed by atoms with Crippen LogP contribution < -0.4 is 0 Å². The van der Waals surface area contributed by atoms with Gasteiger partial charge in [0.2, 0.25) is 0 Å². The van der Waals surface area contributed by atoms with E-state index in [1.54, 1.807) is 0 Å². The molecule has 4 aliphatic rings. The number of fused-ring (bicyclic) bond motifs is 5. The highest BCUT2D eigenvalue weighted by molar-refractivity contribution is 6.18. The van der Waals surface area contributed by atoms with Crippen LogP contribution in [0.5, 0.6) is 5.75 Å². The largest absolute Gasteiger partial charge is 0.508 e. The van der Waals surface area contributed by atoms with E-state index < -0.39 is 5.60 Å². The molecule has 0 aromatic heterocycles. The molecule has 3 heteroatoms. The monoisotopic (exact) mass is 408 g/mol. The zero-order chi connectivity index (χ0) is 20.2. The molecule has 1 aromatic rings. The Labute approximate surface area is 178 Å². The van der Waals surface area contributed by atoms with Gasteiger partial charge in [-0.3, -0.25) is 0 Å². The van der Waals surface area contributed by atoms with Crippen LogP contribution in [-0.4, -0.2) is 21.7 Å². The van der Waals surface area contributed by atoms with Gasteiger partial charge in [-0.25, -0.2) is 0 Å². The summed E-state index contributed by atoms with van der Waals surface area (Å²) < 4.78 is 0. The molecule has 0 spiro atoms. The fraction of sp³-hybridized carbons (Fsp3) is 0.538. The Morgan fingerprint density at radius 3 is 2.90 bits per heavy atom. The maximum absolute atomic E-state index is 11.7. The highest BCUT2D eigenvalue weighted by Crippen LogP contribution is 2.65. The predicted molar refractivity (Wildman–Crippen MR) is 117 cm³/mol. The zero-order valence-electron chi connectivity index (χ0n) is 17.0. The van der Waals surface area contributed by atoms with E-state index in [0.717, 1.165) is 44.1 Å². The smallest absolute Gasteiger partial charge is 0.131 e. The second kappa shape index (κ2) is 6.93. The first-order valence-electron chi connectivity index (χ1n) is 10.9. The molecule has 2 nitrogen and oxygen atoms in total. The standard InChI is InChI=1S/C26H29ClO2/c1-25-15-19(16-27)24-21-9-7-20(28)14-18(21)6-8-22(24)23(25)11-13-26(25,29)12-10-17-4-2-3-5-17/h2-4,7,9,14,19,22-24,28-29H,5-6,8,11,13,15-16H2,1H3/t19-,22?,23?,24?,25+,26+/m1/s1. The lowest BCUT2D eigenvalue weighted by molar-refractivity contribution is -0.0806. The van der Waals surface area contributed by atoms with Crippen LogP contribution in [0.25, 0.3) is 0 Å². The van der Waals surface area contributed by atoms with Crippen LogP contribution in [0.15, 0.2) is 42.0 Å². The van der Waals surface area contributed by atoms with Gasteiger partial charge in [0, 0.05) is 16.9 Å². The Kier molecular flexibility index (Phi) is 4.61. The molecule has 0 heterocycles. The number of benzene rings is 1. The number of allylic oxidation sites excluding steroid dienone is 4. The molecule has 2 N–H and O–H groups in total. The summed E-state index contributed by atoms with van der Waals surface area (Å²) in [7, 11) is 0. The van der Waals surface area contributed by atoms with E-state index in [2.05, 4.69) is 37.0 Å². The van der Waals surface area contributed by atoms with Crippen LogP contribution in [0.4, 0.5) is 0 Å². The third-order valence-corrected chi connectivity index (χ3v) is 8.78. The molecule has 2 saturated carbocycles. The van der Waals surface area contributed by atoms with Gasteiger partial charge in [0.1, 0.15) is 11.4 Å². The van der Waals surface area contributed by atoms with Crippen LogP contribution in [0.1, 0.15) is 56.1 Å². The van der Waals surface area contributed by atoms with Gasteiger partial charge >= 0.3 is 0 Å². The van der Waals surface area contributed by atoms with Gasteiger partial charge in [-0.05, 0) is 85.5 Å². The lowest BCUT2D eigenvalue weighted by Gasteiger charge is -2.55. The van der Waals surface area contributed by atoms with Crippen molar-refractivity contribution < 1.29 is 10.2 Å². The minimum atomic E-state index is -0.939. The van der Waals surface area contributed by atoms with E-state index in [9.17, 15) is 10.2 Å². The van der Waals surface area contributed by atoms with E-state index in [4.69, 9.17) is 11.6 Å². The van der Waals surface area contributed by atoms with Crippen LogP contribution in [0.2, 0.25) is 0 Å². The first kappa shape index (κ1) is 19.3. The molecular weight excluding hydrogens is 380 g/mol. The first-order valence-corrected chi connectivity index (χ1v) is 11.5. The van der Waals surface area contributed by atoms with Crippen LogP contribution in [-0.2, 0) is 6.42 Å². The second-order valence-corrected chi connectivity index (χ2v) is 10.0. The SMILES string of the molecule is C[C@]12C[C@H](CCl)C3c4ccc(O)cc4CCC3C1CC[C@@]2(O)C#CC1=CC=CC1. The summed E-state index contributed by atoms with van der Waals surface area (Å²) >= 11 is 6.54. The van der Waals surface area contributed by atoms with Crippen molar-refractivity contribution in [3.8, 4) is 17.6 Å². The van der Waals surface area contributed by atoms with E-state index in [1.165, 1.54) is 11.1 Å². The zero-order valence-corrected chi connectivity index (χ0v) is 17.8. The van der Waals surface area contributed by atoms with Crippen LogP contribution >= 0.6 is 11.6 Å². The number of aliphatic hydroxyl groups is 1. The minimum Gasteiger partial charge on any atom is -0.508 e. The number of aryl methyl sites for hydroxylation is 1. The molecule has 0 saturated heterocycles. The third kappa shape index (κ3) is 2.89. The molecule has 29 heavy (non-hydrogen) atoms. The number of aromatic hydroxyl groups is 1. The van der Waals surface area contributed by atoms with Crippen LogP contribution in [0, 0.1) is 35.0 Å². The lowest BCUT2D eigenvalue weighted by Crippen LogP contribution is -2.53. The average Bonchev–Trinajstić information content (AvgIpc) is 3.32. The molecule has 6 atom stereocenters. The van der Waals surface area contributed by atoms with Crippen molar-refractivity contribution >= 4 is 11.6 Å². The summed E-state index contributed by atoms with van der Waals surface area (Å²) in [6.07, 6.45) is 11.9. The Hall–Kier alpha value is -1.69. The fourth-order valence-corrected chi connectivity index (χ4v) is 7.26. The minimum absolute atomic E-state index is 0.220. The number of hydrogen-bond donors (Lipinski definition) is 2. The van der Waals surface area contributed by atoms with Crippen molar-refractivity contribution in [3.05, 3.63) is 53.1 Å². The number of phenols is 1. The molecule has 5 rings (SSSR count). The highest BCUT2D eigenvalue weighted by atomic mass is 35.5. The number of rotatable bonds is 1. The van der Waals surface area contributed by atoms with E-state index in [0.29, 0.717) is 35.3 Å². The van der Waals surface area contributed by atoms with Gasteiger partial charge in [-0.2, -0.15) is 0 Å². The van der Waals surface area contributed by atoms with Gasteiger partial charge < -0.3 is 10.2 Å². The fourth-order valence-electron chi connectivity index (χ4n) is 6.95. The van der Waals surface area contributed by atoms with Gasteiger partial charge in [0.05, 0.1) is 0 Å². The maximum Gasteiger partial charge on any atom is 0.131 e. The number of phenolic OH excluding ortho intramolecular Hbond substituents is 1. The molecule has 3 unspecified atom stereocenters. The topological polar surface area (TPSA) is 40.5 Å². The molecule has 0 bridgehead atoms. The molecule has 4 aliphatic carbocycles. The predicted octanol–water partition coefficient (Wildman–Crippen LogP) is 5.33. The Morgan fingerprint density at radius 2 is 2.14 bits per heavy atom. The van der Waals surface area contributed by atoms with Gasteiger partial charge in [0.25, 0.3) is 0 Å². The molecule has 0 amide bonds. The van der Waals surface area contributed by atoms with E-state index in [1.807, 2.05) is 18.2 Å². The van der Waals surface area contributed by atoms with E-state index in [-0.39, 0.29) is 5.41 Å². The van der Waals surface area contributed by atoms with Crippen LogP contribution in [0.3, 0.4) is 0 Å². The number of alkyl halides is 1. The molecule has 152 valence electrons. The molecule has 1 aromatic carbocycles. The highest BCUT2D eigenvalue weighted by Gasteiger charge is 2.63. The molecule has 0 aliphatic heterocycles. The summed E-state index contributed by atoms with van der Waals surface area (Å²) in [4.78, 5) is 0. The molecule has 2 fully saturated rings. The van der Waals surface area contributed by atoms with E-state index >= 15 is 0 Å². The van der Waals surface area contributed by atoms with Crippen molar-refractivity contribution in [1.29, 1.82) is 0 Å². The second-order valence-electron chi connectivity index (χ2n) is 9.73. The number of halogens is 1. The Bertz CT molecular complexity index is 951. The van der Waals surface area contributed by atoms with Gasteiger partial charge in [-0.15, -0.1) is 11.6 Å².